The van der Waals surface area contributed by atoms with Gasteiger partial charge in [-0.2, -0.15) is 5.10 Å². The highest BCUT2D eigenvalue weighted by molar-refractivity contribution is 5.94. The monoisotopic (exact) mass is 402 g/mol. The van der Waals surface area contributed by atoms with E-state index in [2.05, 4.69) is 21.5 Å². The molecule has 1 spiro atoms. The van der Waals surface area contributed by atoms with Crippen LogP contribution in [-0.2, 0) is 18.3 Å². The Balaban J connectivity index is 1.40. The van der Waals surface area contributed by atoms with Gasteiger partial charge in [-0.1, -0.05) is 0 Å². The first-order chi connectivity index (χ1) is 13.8. The number of rotatable bonds is 4. The standard InChI is InChI=1S/C21H30N4O4/c1-15-17(10-24(3)23-15)11-25-7-5-21(6-8-25)14-20(2,18(26)13-29-21)22-19(27)16-4-9-28-12-16/h4,9-10,12,18,26H,5-8,11,13-14H2,1-3H3,(H,22,27)/t18-,20-/m1/s1. The molecule has 1 amide bonds. The summed E-state index contributed by atoms with van der Waals surface area (Å²) in [5, 5.41) is 18.0. The lowest BCUT2D eigenvalue weighted by Gasteiger charge is -2.52. The summed E-state index contributed by atoms with van der Waals surface area (Å²) in [5.41, 5.74) is 1.72. The van der Waals surface area contributed by atoms with E-state index in [1.165, 1.54) is 18.1 Å². The highest BCUT2D eigenvalue weighted by Gasteiger charge is 2.50. The number of furan rings is 1. The number of ether oxygens (including phenoxy) is 1. The van der Waals surface area contributed by atoms with Crippen molar-refractivity contribution >= 4 is 5.91 Å². The van der Waals surface area contributed by atoms with Crippen molar-refractivity contribution in [2.75, 3.05) is 19.7 Å². The Morgan fingerprint density at radius 2 is 2.17 bits per heavy atom. The number of piperidine rings is 1. The normalized spacial score (nSPS) is 27.2. The molecule has 4 heterocycles. The summed E-state index contributed by atoms with van der Waals surface area (Å²) in [6, 6.07) is 1.62. The Labute approximate surface area is 170 Å². The number of carbonyl (C=O) groups excluding carboxylic acids is 1. The van der Waals surface area contributed by atoms with E-state index in [1.807, 2.05) is 25.6 Å². The fraction of sp³-hybridized carbons (Fsp3) is 0.619. The number of aliphatic hydroxyl groups excluding tert-OH is 1. The number of aliphatic hydroxyl groups is 1. The summed E-state index contributed by atoms with van der Waals surface area (Å²) in [7, 11) is 1.95. The number of nitrogens with zero attached hydrogens (tertiary/aromatic N) is 3. The van der Waals surface area contributed by atoms with Crippen LogP contribution in [0.3, 0.4) is 0 Å². The number of hydrogen-bond donors (Lipinski definition) is 2. The average molecular weight is 402 g/mol. The number of carbonyl (C=O) groups is 1. The molecule has 2 saturated heterocycles. The molecular weight excluding hydrogens is 372 g/mol. The largest absolute Gasteiger partial charge is 0.472 e. The van der Waals surface area contributed by atoms with Crippen molar-refractivity contribution in [1.29, 1.82) is 0 Å². The number of likely N-dealkylation sites (tertiary alicyclic amines) is 1. The van der Waals surface area contributed by atoms with Crippen LogP contribution < -0.4 is 5.32 Å². The SMILES string of the molecule is Cc1nn(C)cc1CN1CCC2(CC1)C[C@@](C)(NC(=O)c1ccoc1)[C@H](O)CO2. The van der Waals surface area contributed by atoms with Crippen LogP contribution in [0.5, 0.6) is 0 Å². The van der Waals surface area contributed by atoms with E-state index in [9.17, 15) is 9.90 Å². The summed E-state index contributed by atoms with van der Waals surface area (Å²) in [6.45, 7) is 6.88. The molecule has 2 aromatic rings. The summed E-state index contributed by atoms with van der Waals surface area (Å²) in [4.78, 5) is 15.0. The molecule has 2 aliphatic rings. The summed E-state index contributed by atoms with van der Waals surface area (Å²) < 4.78 is 13.0. The zero-order valence-corrected chi connectivity index (χ0v) is 17.4. The van der Waals surface area contributed by atoms with Crippen LogP contribution in [0.15, 0.2) is 29.2 Å². The second-order valence-corrected chi connectivity index (χ2v) is 8.76. The molecule has 0 aromatic carbocycles. The van der Waals surface area contributed by atoms with Gasteiger partial charge in [0.25, 0.3) is 5.91 Å². The van der Waals surface area contributed by atoms with Gasteiger partial charge in [0, 0.05) is 44.9 Å². The summed E-state index contributed by atoms with van der Waals surface area (Å²) in [6.07, 6.45) is 6.55. The van der Waals surface area contributed by atoms with Crippen LogP contribution in [0.1, 0.15) is 47.8 Å². The van der Waals surface area contributed by atoms with E-state index in [-0.39, 0.29) is 18.1 Å². The first kappa shape index (κ1) is 20.1. The van der Waals surface area contributed by atoms with Crippen molar-refractivity contribution in [1.82, 2.24) is 20.0 Å². The smallest absolute Gasteiger partial charge is 0.255 e. The van der Waals surface area contributed by atoms with Gasteiger partial charge in [-0.3, -0.25) is 14.4 Å². The van der Waals surface area contributed by atoms with Crippen LogP contribution in [0, 0.1) is 6.92 Å². The molecule has 2 N–H and O–H groups in total. The fourth-order valence-electron chi connectivity index (χ4n) is 4.61. The third kappa shape index (κ3) is 4.10. The highest BCUT2D eigenvalue weighted by Crippen LogP contribution is 2.40. The number of amides is 1. The third-order valence-corrected chi connectivity index (χ3v) is 6.43. The maximum Gasteiger partial charge on any atom is 0.255 e. The minimum Gasteiger partial charge on any atom is -0.472 e. The maximum absolute atomic E-state index is 12.5. The van der Waals surface area contributed by atoms with Crippen LogP contribution in [0.4, 0.5) is 0 Å². The van der Waals surface area contributed by atoms with Gasteiger partial charge < -0.3 is 19.6 Å². The van der Waals surface area contributed by atoms with Crippen LogP contribution >= 0.6 is 0 Å². The molecule has 2 aliphatic heterocycles. The molecule has 0 radical (unpaired) electrons. The topological polar surface area (TPSA) is 92.8 Å². The van der Waals surface area contributed by atoms with Gasteiger partial charge in [-0.05, 0) is 32.8 Å². The molecule has 158 valence electrons. The van der Waals surface area contributed by atoms with Crippen molar-refractivity contribution in [3.05, 3.63) is 41.6 Å². The van der Waals surface area contributed by atoms with E-state index < -0.39 is 11.6 Å². The molecule has 2 atom stereocenters. The number of hydrogen-bond acceptors (Lipinski definition) is 6. The zero-order chi connectivity index (χ0) is 20.6. The minimum atomic E-state index is -0.750. The third-order valence-electron chi connectivity index (χ3n) is 6.43. The first-order valence-electron chi connectivity index (χ1n) is 10.2. The second-order valence-electron chi connectivity index (χ2n) is 8.76. The summed E-state index contributed by atoms with van der Waals surface area (Å²) in [5.74, 6) is -0.234. The molecule has 0 saturated carbocycles. The van der Waals surface area contributed by atoms with E-state index in [0.29, 0.717) is 12.0 Å². The zero-order valence-electron chi connectivity index (χ0n) is 17.4. The van der Waals surface area contributed by atoms with Crippen molar-refractivity contribution in [2.24, 2.45) is 7.05 Å². The number of aryl methyl sites for hydroxylation is 2. The van der Waals surface area contributed by atoms with Gasteiger partial charge in [-0.15, -0.1) is 0 Å². The molecule has 4 rings (SSSR count). The Kier molecular flexibility index (Phi) is 5.27. The Hall–Kier alpha value is -2.16. The van der Waals surface area contributed by atoms with Crippen molar-refractivity contribution in [3.63, 3.8) is 0 Å². The van der Waals surface area contributed by atoms with Crippen LogP contribution in [0.25, 0.3) is 0 Å². The first-order valence-corrected chi connectivity index (χ1v) is 10.2. The Morgan fingerprint density at radius 3 is 2.79 bits per heavy atom. The van der Waals surface area contributed by atoms with Gasteiger partial charge in [-0.25, -0.2) is 0 Å². The highest BCUT2D eigenvalue weighted by atomic mass is 16.5. The minimum absolute atomic E-state index is 0.226. The van der Waals surface area contributed by atoms with Crippen molar-refractivity contribution in [2.45, 2.75) is 56.9 Å². The predicted octanol–water partition coefficient (Wildman–Crippen LogP) is 1.63. The van der Waals surface area contributed by atoms with Gasteiger partial charge >= 0.3 is 0 Å². The van der Waals surface area contributed by atoms with Crippen molar-refractivity contribution < 1.29 is 19.1 Å². The van der Waals surface area contributed by atoms with E-state index in [0.717, 1.165) is 38.2 Å². The molecule has 2 aromatic heterocycles. The maximum atomic E-state index is 12.5. The second kappa shape index (κ2) is 7.59. The van der Waals surface area contributed by atoms with Crippen LogP contribution in [-0.4, -0.2) is 62.6 Å². The van der Waals surface area contributed by atoms with E-state index in [4.69, 9.17) is 9.15 Å². The molecular formula is C21H30N4O4. The number of aromatic nitrogens is 2. The van der Waals surface area contributed by atoms with Gasteiger partial charge in [0.05, 0.1) is 35.3 Å². The summed E-state index contributed by atoms with van der Waals surface area (Å²) >= 11 is 0. The lowest BCUT2D eigenvalue weighted by Crippen LogP contribution is -2.65. The van der Waals surface area contributed by atoms with Gasteiger partial charge in [0.1, 0.15) is 12.4 Å². The molecule has 2 fully saturated rings. The van der Waals surface area contributed by atoms with E-state index in [1.54, 1.807) is 6.07 Å². The lowest BCUT2D eigenvalue weighted by molar-refractivity contribution is -0.177. The average Bonchev–Trinajstić information content (AvgIpc) is 3.31. The molecule has 29 heavy (non-hydrogen) atoms. The molecule has 0 unspecified atom stereocenters. The lowest BCUT2D eigenvalue weighted by atomic mass is 9.74. The quantitative estimate of drug-likeness (QED) is 0.808. The molecule has 0 aliphatic carbocycles. The van der Waals surface area contributed by atoms with E-state index >= 15 is 0 Å². The Bertz CT molecular complexity index is 854. The Morgan fingerprint density at radius 1 is 1.41 bits per heavy atom. The van der Waals surface area contributed by atoms with Crippen LogP contribution in [0.2, 0.25) is 0 Å². The van der Waals surface area contributed by atoms with Gasteiger partial charge in [0.15, 0.2) is 0 Å². The van der Waals surface area contributed by atoms with Gasteiger partial charge in [0.2, 0.25) is 0 Å². The number of nitrogens with one attached hydrogen (secondary N) is 1. The van der Waals surface area contributed by atoms with Crippen molar-refractivity contribution in [3.8, 4) is 0 Å². The molecule has 8 nitrogen and oxygen atoms in total. The fourth-order valence-corrected chi connectivity index (χ4v) is 4.61. The molecule has 0 bridgehead atoms. The molecule has 8 heteroatoms. The predicted molar refractivity (Wildman–Crippen MR) is 106 cm³/mol.